The largest absolute Gasteiger partial charge is 0.280 e. The van der Waals surface area contributed by atoms with Crippen LogP contribution >= 0.6 is 11.3 Å². The highest BCUT2D eigenvalue weighted by Crippen LogP contribution is 2.31. The second-order valence-corrected chi connectivity index (χ2v) is 12.7. The van der Waals surface area contributed by atoms with Crippen LogP contribution in [-0.2, 0) is 10.0 Å². The standard InChI is InChI=1S/C29H29FN4O3S2/c1-20-8-17-26-27(18-20)38-29(32-26)34(31-19-21-9-13-23(30)14-10-21)28(35)22-11-15-25(16-12-22)39(36,37)33(2)24-6-4-3-5-7-24/h8-19,24H,3-7H2,1-2H3/b31-19+. The summed E-state index contributed by atoms with van der Waals surface area (Å²) < 4.78 is 42.2. The minimum absolute atomic E-state index is 0.0102. The number of aromatic nitrogens is 1. The zero-order valence-electron chi connectivity index (χ0n) is 21.7. The van der Waals surface area contributed by atoms with E-state index in [1.54, 1.807) is 19.2 Å². The number of rotatable bonds is 7. The molecule has 0 spiro atoms. The maximum Gasteiger partial charge on any atom is 0.280 e. The van der Waals surface area contributed by atoms with Crippen molar-refractivity contribution < 1.29 is 17.6 Å². The van der Waals surface area contributed by atoms with Gasteiger partial charge in [0, 0.05) is 18.7 Å². The first kappa shape index (κ1) is 27.1. The first-order valence-electron chi connectivity index (χ1n) is 12.8. The molecule has 1 aliphatic carbocycles. The molecule has 1 saturated carbocycles. The summed E-state index contributed by atoms with van der Waals surface area (Å²) in [5.41, 5.74) is 2.68. The van der Waals surface area contributed by atoms with Gasteiger partial charge < -0.3 is 0 Å². The number of hydrogen-bond donors (Lipinski definition) is 0. The lowest BCUT2D eigenvalue weighted by Crippen LogP contribution is -2.38. The number of halogens is 1. The zero-order valence-corrected chi connectivity index (χ0v) is 23.4. The van der Waals surface area contributed by atoms with Crippen molar-refractivity contribution >= 4 is 48.8 Å². The van der Waals surface area contributed by atoms with Crippen LogP contribution in [0.3, 0.4) is 0 Å². The summed E-state index contributed by atoms with van der Waals surface area (Å²) >= 11 is 1.32. The first-order chi connectivity index (χ1) is 18.7. The van der Waals surface area contributed by atoms with Gasteiger partial charge in [-0.25, -0.2) is 17.8 Å². The molecule has 0 unspecified atom stereocenters. The fourth-order valence-corrected chi connectivity index (χ4v) is 7.11. The van der Waals surface area contributed by atoms with Gasteiger partial charge in [-0.2, -0.15) is 14.4 Å². The number of sulfonamides is 1. The Morgan fingerprint density at radius 3 is 2.41 bits per heavy atom. The number of fused-ring (bicyclic) bond motifs is 1. The van der Waals surface area contributed by atoms with E-state index in [0.29, 0.717) is 10.7 Å². The van der Waals surface area contributed by atoms with Crippen LogP contribution in [0.5, 0.6) is 0 Å². The molecule has 0 bridgehead atoms. The SMILES string of the molecule is Cc1ccc2nc(N(/N=C/c3ccc(F)cc3)C(=O)c3ccc(S(=O)(=O)N(C)C4CCCCC4)cc3)sc2c1. The predicted octanol–water partition coefficient (Wildman–Crippen LogP) is 6.38. The van der Waals surface area contributed by atoms with Crippen molar-refractivity contribution in [2.45, 2.75) is 50.0 Å². The van der Waals surface area contributed by atoms with Gasteiger partial charge in [-0.3, -0.25) is 4.79 Å². The normalized spacial score (nSPS) is 14.9. The summed E-state index contributed by atoms with van der Waals surface area (Å²) in [4.78, 5) is 18.4. The highest BCUT2D eigenvalue weighted by molar-refractivity contribution is 7.89. The van der Waals surface area contributed by atoms with Gasteiger partial charge >= 0.3 is 0 Å². The van der Waals surface area contributed by atoms with Gasteiger partial charge in [0.25, 0.3) is 5.91 Å². The molecule has 10 heteroatoms. The molecule has 1 amide bonds. The molecule has 39 heavy (non-hydrogen) atoms. The van der Waals surface area contributed by atoms with Gasteiger partial charge in [-0.15, -0.1) is 0 Å². The van der Waals surface area contributed by atoms with Crippen molar-refractivity contribution in [1.29, 1.82) is 0 Å². The fraction of sp³-hybridized carbons (Fsp3) is 0.276. The molecule has 5 rings (SSSR count). The average molecular weight is 565 g/mol. The van der Waals surface area contributed by atoms with Crippen LogP contribution in [0.1, 0.15) is 53.6 Å². The molecular weight excluding hydrogens is 535 g/mol. The summed E-state index contributed by atoms with van der Waals surface area (Å²) in [7, 11) is -2.06. The lowest BCUT2D eigenvalue weighted by molar-refractivity contribution is 0.0987. The van der Waals surface area contributed by atoms with Gasteiger partial charge in [0.15, 0.2) is 0 Å². The van der Waals surface area contributed by atoms with Crippen molar-refractivity contribution in [3.63, 3.8) is 0 Å². The highest BCUT2D eigenvalue weighted by atomic mass is 32.2. The number of carbonyl (C=O) groups is 1. The van der Waals surface area contributed by atoms with Crippen molar-refractivity contribution in [2.24, 2.45) is 5.10 Å². The minimum Gasteiger partial charge on any atom is -0.267 e. The number of amides is 1. The molecular formula is C29H29FN4O3S2. The van der Waals surface area contributed by atoms with Crippen molar-refractivity contribution in [3.05, 3.63) is 89.2 Å². The lowest BCUT2D eigenvalue weighted by atomic mass is 9.96. The molecule has 3 aromatic carbocycles. The Balaban J connectivity index is 1.45. The molecule has 1 aromatic heterocycles. The van der Waals surface area contributed by atoms with Gasteiger partial charge in [0.1, 0.15) is 5.82 Å². The topological polar surface area (TPSA) is 82.9 Å². The van der Waals surface area contributed by atoms with Crippen LogP contribution in [-0.4, -0.2) is 42.9 Å². The Kier molecular flexibility index (Phi) is 7.88. The molecule has 7 nitrogen and oxygen atoms in total. The van der Waals surface area contributed by atoms with Crippen LogP contribution in [0.2, 0.25) is 0 Å². The Bertz CT molecular complexity index is 1610. The first-order valence-corrected chi connectivity index (χ1v) is 15.1. The Morgan fingerprint density at radius 1 is 1.03 bits per heavy atom. The van der Waals surface area contributed by atoms with Crippen LogP contribution < -0.4 is 5.01 Å². The average Bonchev–Trinajstić information content (AvgIpc) is 3.37. The van der Waals surface area contributed by atoms with Crippen LogP contribution in [0.4, 0.5) is 9.52 Å². The lowest BCUT2D eigenvalue weighted by Gasteiger charge is -2.30. The summed E-state index contributed by atoms with van der Waals surface area (Å²) in [6.07, 6.45) is 6.36. The third-order valence-corrected chi connectivity index (χ3v) is 9.88. The number of anilines is 1. The maximum absolute atomic E-state index is 13.7. The smallest absolute Gasteiger partial charge is 0.267 e. The molecule has 4 aromatic rings. The maximum atomic E-state index is 13.7. The summed E-state index contributed by atoms with van der Waals surface area (Å²) in [6, 6.07) is 17.5. The summed E-state index contributed by atoms with van der Waals surface area (Å²) in [5.74, 6) is -0.834. The van der Waals surface area contributed by atoms with Gasteiger partial charge in [-0.1, -0.05) is 48.8 Å². The summed E-state index contributed by atoms with van der Waals surface area (Å²) in [6.45, 7) is 1.98. The quantitative estimate of drug-likeness (QED) is 0.193. The van der Waals surface area contributed by atoms with E-state index in [-0.39, 0.29) is 22.3 Å². The second kappa shape index (κ2) is 11.3. The van der Waals surface area contributed by atoms with Gasteiger partial charge in [0.2, 0.25) is 15.2 Å². The number of thiazole rings is 1. The molecule has 1 fully saturated rings. The molecule has 1 heterocycles. The Labute approximate surface area is 231 Å². The van der Waals surface area contributed by atoms with Crippen LogP contribution in [0.25, 0.3) is 10.2 Å². The highest BCUT2D eigenvalue weighted by Gasteiger charge is 2.29. The number of carbonyl (C=O) groups excluding carboxylic acids is 1. The van der Waals surface area contributed by atoms with Gasteiger partial charge in [-0.05, 0) is 79.4 Å². The Morgan fingerprint density at radius 2 is 1.72 bits per heavy atom. The van der Waals surface area contributed by atoms with Crippen LogP contribution in [0.15, 0.2) is 76.7 Å². The van der Waals surface area contributed by atoms with E-state index in [4.69, 9.17) is 0 Å². The molecule has 0 atom stereocenters. The number of hydrazone groups is 1. The predicted molar refractivity (Wildman–Crippen MR) is 153 cm³/mol. The van der Waals surface area contributed by atoms with Crippen molar-refractivity contribution in [1.82, 2.24) is 9.29 Å². The molecule has 1 aliphatic rings. The molecule has 0 radical (unpaired) electrons. The Hall–Kier alpha value is -3.47. The second-order valence-electron chi connectivity index (χ2n) is 9.72. The number of hydrogen-bond acceptors (Lipinski definition) is 6. The van der Waals surface area contributed by atoms with E-state index in [1.165, 1.54) is 63.3 Å². The third kappa shape index (κ3) is 5.93. The van der Waals surface area contributed by atoms with Crippen molar-refractivity contribution in [2.75, 3.05) is 12.1 Å². The molecule has 0 saturated heterocycles. The minimum atomic E-state index is -3.69. The van der Waals surface area contributed by atoms with E-state index in [9.17, 15) is 17.6 Å². The third-order valence-electron chi connectivity index (χ3n) is 6.97. The fourth-order valence-electron chi connectivity index (χ4n) is 4.67. The van der Waals surface area contributed by atoms with Crippen LogP contribution in [0, 0.1) is 12.7 Å². The van der Waals surface area contributed by atoms with E-state index in [0.717, 1.165) is 47.9 Å². The summed E-state index contributed by atoms with van der Waals surface area (Å²) in [5, 5.41) is 5.97. The number of nitrogens with zero attached hydrogens (tertiary/aromatic N) is 4. The van der Waals surface area contributed by atoms with E-state index >= 15 is 0 Å². The molecule has 202 valence electrons. The zero-order chi connectivity index (χ0) is 27.6. The molecule has 0 aliphatic heterocycles. The van der Waals surface area contributed by atoms with E-state index < -0.39 is 15.9 Å². The van der Waals surface area contributed by atoms with Gasteiger partial charge in [0.05, 0.1) is 21.3 Å². The molecule has 0 N–H and O–H groups in total. The van der Waals surface area contributed by atoms with E-state index in [2.05, 4.69) is 10.1 Å². The van der Waals surface area contributed by atoms with E-state index in [1.807, 2.05) is 25.1 Å². The van der Waals surface area contributed by atoms with Crippen molar-refractivity contribution in [3.8, 4) is 0 Å². The number of benzene rings is 3. The monoisotopic (exact) mass is 564 g/mol. The number of aryl methyl sites for hydroxylation is 1.